The molecule has 1 saturated heterocycles. The Bertz CT molecular complexity index is 663. The number of sulfonamides is 1. The molecule has 6 nitrogen and oxygen atoms in total. The lowest BCUT2D eigenvalue weighted by molar-refractivity contribution is 0.0404. The van der Waals surface area contributed by atoms with Crippen LogP contribution >= 0.6 is 0 Å². The van der Waals surface area contributed by atoms with E-state index in [1.54, 1.807) is 7.11 Å². The van der Waals surface area contributed by atoms with Crippen LogP contribution in [-0.2, 0) is 14.8 Å². The molecule has 1 aromatic rings. The molecule has 0 saturated carbocycles. The second-order valence-electron chi connectivity index (χ2n) is 6.81. The van der Waals surface area contributed by atoms with Crippen LogP contribution in [0.25, 0.3) is 0 Å². The van der Waals surface area contributed by atoms with Gasteiger partial charge in [0.05, 0.1) is 12.9 Å². The third kappa shape index (κ3) is 6.26. The van der Waals surface area contributed by atoms with Gasteiger partial charge in [-0.3, -0.25) is 4.90 Å². The molecule has 1 heterocycles. The van der Waals surface area contributed by atoms with Crippen LogP contribution in [-0.4, -0.2) is 65.1 Å². The van der Waals surface area contributed by atoms with E-state index >= 15 is 0 Å². The number of hydrogen-bond acceptors (Lipinski definition) is 5. The zero-order valence-corrected chi connectivity index (χ0v) is 16.4. The number of piperidine rings is 1. The summed E-state index contributed by atoms with van der Waals surface area (Å²) in [7, 11) is -1.59. The van der Waals surface area contributed by atoms with E-state index in [1.807, 2.05) is 19.9 Å². The van der Waals surface area contributed by atoms with Gasteiger partial charge in [0.15, 0.2) is 0 Å². The summed E-state index contributed by atoms with van der Waals surface area (Å²) < 4.78 is 37.3. The fourth-order valence-electron chi connectivity index (χ4n) is 3.35. The lowest BCUT2D eigenvalue weighted by Gasteiger charge is -2.40. The maximum atomic E-state index is 11.6. The molecular formula is C18H30N2O4S. The summed E-state index contributed by atoms with van der Waals surface area (Å²) in [6.07, 6.45) is 2.99. The maximum absolute atomic E-state index is 11.6. The number of hydrogen-bond donors (Lipinski definition) is 1. The maximum Gasteiger partial charge on any atom is 0.209 e. The Morgan fingerprint density at radius 2 is 2.08 bits per heavy atom. The Hall–Kier alpha value is -1.15. The molecular weight excluding hydrogens is 340 g/mol. The van der Waals surface area contributed by atoms with Crippen LogP contribution in [0.4, 0.5) is 0 Å². The van der Waals surface area contributed by atoms with Crippen LogP contribution in [0.3, 0.4) is 0 Å². The van der Waals surface area contributed by atoms with Gasteiger partial charge in [0.1, 0.15) is 12.4 Å². The van der Waals surface area contributed by atoms with E-state index < -0.39 is 10.0 Å². The lowest BCUT2D eigenvalue weighted by atomic mass is 9.97. The standard InChI is InChI=1S/C18H30N2O4S/c1-14-7-8-15(2)18(12-14)24-11-10-20-9-5-6-16(17(20)13-23-3)19-25(4,21)22/h7-8,12,16-17,19H,5-6,9-11,13H2,1-4H3/t16-,17?/m0/s1. The minimum Gasteiger partial charge on any atom is -0.492 e. The minimum absolute atomic E-state index is 0.0238. The van der Waals surface area contributed by atoms with Crippen LogP contribution in [0.1, 0.15) is 24.0 Å². The van der Waals surface area contributed by atoms with E-state index in [9.17, 15) is 8.42 Å². The van der Waals surface area contributed by atoms with Crippen molar-refractivity contribution in [1.82, 2.24) is 9.62 Å². The first-order chi connectivity index (χ1) is 11.8. The van der Waals surface area contributed by atoms with E-state index in [4.69, 9.17) is 9.47 Å². The topological polar surface area (TPSA) is 67.9 Å². The van der Waals surface area contributed by atoms with E-state index in [0.29, 0.717) is 13.2 Å². The molecule has 0 radical (unpaired) electrons. The molecule has 1 aromatic carbocycles. The van der Waals surface area contributed by atoms with Gasteiger partial charge in [0, 0.05) is 25.7 Å². The third-order valence-corrected chi connectivity index (χ3v) is 5.31. The van der Waals surface area contributed by atoms with Crippen LogP contribution in [0.2, 0.25) is 0 Å². The SMILES string of the molecule is COCC1[C@@H](NS(C)(=O)=O)CCCN1CCOc1cc(C)ccc1C. The molecule has 2 atom stereocenters. The average Bonchev–Trinajstić information content (AvgIpc) is 2.52. The van der Waals surface area contributed by atoms with E-state index in [2.05, 4.69) is 21.8 Å². The molecule has 1 unspecified atom stereocenters. The number of aryl methyl sites for hydroxylation is 2. The normalized spacial score (nSPS) is 22.1. The van der Waals surface area contributed by atoms with Crippen LogP contribution in [0.5, 0.6) is 5.75 Å². The van der Waals surface area contributed by atoms with Crippen molar-refractivity contribution in [2.24, 2.45) is 0 Å². The molecule has 1 N–H and O–H groups in total. The van der Waals surface area contributed by atoms with Crippen molar-refractivity contribution in [1.29, 1.82) is 0 Å². The largest absolute Gasteiger partial charge is 0.492 e. The summed E-state index contributed by atoms with van der Waals surface area (Å²) in [5.41, 5.74) is 2.29. The fraction of sp³-hybridized carbons (Fsp3) is 0.667. The molecule has 0 aliphatic carbocycles. The van der Waals surface area contributed by atoms with Crippen molar-refractivity contribution in [3.63, 3.8) is 0 Å². The summed E-state index contributed by atoms with van der Waals surface area (Å²) >= 11 is 0. The number of likely N-dealkylation sites (tertiary alicyclic amines) is 1. The van der Waals surface area contributed by atoms with Crippen molar-refractivity contribution >= 4 is 10.0 Å². The lowest BCUT2D eigenvalue weighted by Crippen LogP contribution is -2.57. The number of rotatable bonds is 8. The zero-order valence-electron chi connectivity index (χ0n) is 15.6. The van der Waals surface area contributed by atoms with Gasteiger partial charge in [-0.2, -0.15) is 0 Å². The quantitative estimate of drug-likeness (QED) is 0.755. The highest BCUT2D eigenvalue weighted by molar-refractivity contribution is 7.88. The Morgan fingerprint density at radius 3 is 2.76 bits per heavy atom. The average molecular weight is 371 g/mol. The smallest absolute Gasteiger partial charge is 0.209 e. The Balaban J connectivity index is 1.97. The first-order valence-corrected chi connectivity index (χ1v) is 10.6. The first-order valence-electron chi connectivity index (χ1n) is 8.70. The first kappa shape index (κ1) is 20.2. The molecule has 25 heavy (non-hydrogen) atoms. The van der Waals surface area contributed by atoms with E-state index in [-0.39, 0.29) is 12.1 Å². The number of benzene rings is 1. The van der Waals surface area contributed by atoms with Gasteiger partial charge < -0.3 is 9.47 Å². The fourth-order valence-corrected chi connectivity index (χ4v) is 4.17. The van der Waals surface area contributed by atoms with Crippen molar-refractivity contribution in [3.8, 4) is 5.75 Å². The minimum atomic E-state index is -3.24. The van der Waals surface area contributed by atoms with E-state index in [0.717, 1.165) is 37.2 Å². The molecule has 1 aliphatic heterocycles. The summed E-state index contributed by atoms with van der Waals surface area (Å²) in [6, 6.07) is 6.08. The van der Waals surface area contributed by atoms with Crippen molar-refractivity contribution in [2.75, 3.05) is 39.7 Å². The zero-order chi connectivity index (χ0) is 18.4. The van der Waals surface area contributed by atoms with Gasteiger partial charge in [-0.1, -0.05) is 12.1 Å². The number of ether oxygens (including phenoxy) is 2. The van der Waals surface area contributed by atoms with Gasteiger partial charge >= 0.3 is 0 Å². The predicted octanol–water partition coefficient (Wildman–Crippen LogP) is 1.71. The van der Waals surface area contributed by atoms with Crippen molar-refractivity contribution in [2.45, 2.75) is 38.8 Å². The highest BCUT2D eigenvalue weighted by Gasteiger charge is 2.32. The molecule has 0 aromatic heterocycles. The monoisotopic (exact) mass is 370 g/mol. The second-order valence-corrected chi connectivity index (χ2v) is 8.59. The van der Waals surface area contributed by atoms with E-state index in [1.165, 1.54) is 11.8 Å². The van der Waals surface area contributed by atoms with Crippen molar-refractivity contribution < 1.29 is 17.9 Å². The van der Waals surface area contributed by atoms with Crippen LogP contribution < -0.4 is 9.46 Å². The summed E-state index contributed by atoms with van der Waals surface area (Å²) in [5.74, 6) is 0.908. The summed E-state index contributed by atoms with van der Waals surface area (Å²) in [5, 5.41) is 0. The molecule has 2 rings (SSSR count). The molecule has 1 fully saturated rings. The number of nitrogens with zero attached hydrogens (tertiary/aromatic N) is 1. The summed E-state index contributed by atoms with van der Waals surface area (Å²) in [4.78, 5) is 2.26. The molecule has 7 heteroatoms. The molecule has 0 spiro atoms. The van der Waals surface area contributed by atoms with Gasteiger partial charge in [0.2, 0.25) is 10.0 Å². The summed E-state index contributed by atoms with van der Waals surface area (Å²) in [6.45, 7) is 6.81. The van der Waals surface area contributed by atoms with Gasteiger partial charge in [0.25, 0.3) is 0 Å². The predicted molar refractivity (Wildman–Crippen MR) is 99.6 cm³/mol. The van der Waals surface area contributed by atoms with Gasteiger partial charge in [-0.15, -0.1) is 0 Å². The number of methoxy groups -OCH3 is 1. The highest BCUT2D eigenvalue weighted by Crippen LogP contribution is 2.21. The Kier molecular flexibility index (Phi) is 7.25. The van der Waals surface area contributed by atoms with Gasteiger partial charge in [-0.25, -0.2) is 13.1 Å². The molecule has 0 bridgehead atoms. The molecule has 142 valence electrons. The molecule has 1 aliphatic rings. The Labute approximate surface area is 151 Å². The molecule has 0 amide bonds. The van der Waals surface area contributed by atoms with Crippen LogP contribution in [0.15, 0.2) is 18.2 Å². The van der Waals surface area contributed by atoms with Gasteiger partial charge in [-0.05, 0) is 50.4 Å². The third-order valence-electron chi connectivity index (χ3n) is 4.58. The van der Waals surface area contributed by atoms with Crippen molar-refractivity contribution in [3.05, 3.63) is 29.3 Å². The number of nitrogens with one attached hydrogen (secondary N) is 1. The Morgan fingerprint density at radius 1 is 1.32 bits per heavy atom. The second kappa shape index (κ2) is 8.98. The van der Waals surface area contributed by atoms with Crippen LogP contribution in [0, 0.1) is 13.8 Å². The highest BCUT2D eigenvalue weighted by atomic mass is 32.2.